The number of phenolic OH excluding ortho intramolecular Hbond substituents is 1. The molecule has 2 aliphatic rings. The lowest BCUT2D eigenvalue weighted by atomic mass is 10.0. The van der Waals surface area contributed by atoms with Gasteiger partial charge in [0, 0.05) is 73.2 Å². The highest BCUT2D eigenvalue weighted by atomic mass is 16.5. The van der Waals surface area contributed by atoms with Crippen LogP contribution in [0.5, 0.6) is 11.5 Å². The number of aromatic nitrogens is 8. The van der Waals surface area contributed by atoms with E-state index in [2.05, 4.69) is 37.3 Å². The Kier molecular flexibility index (Phi) is 11.4. The van der Waals surface area contributed by atoms with Gasteiger partial charge in [0.1, 0.15) is 36.0 Å². The van der Waals surface area contributed by atoms with Crippen LogP contribution < -0.4 is 14.5 Å². The second-order valence-corrected chi connectivity index (χ2v) is 14.1. The van der Waals surface area contributed by atoms with Gasteiger partial charge >= 0.3 is 0 Å². The first-order valence-corrected chi connectivity index (χ1v) is 18.5. The van der Waals surface area contributed by atoms with Gasteiger partial charge in [0.15, 0.2) is 0 Å². The molecule has 2 aromatic carbocycles. The SMILES string of the molecule is COc1cc(C)cc(-c2nn(CC#N)cc2-c2ccnc(N3CC[C@H](O)C3)n2)c1.Cc1cc(O)cc(-c2nn(CC#N)cc2-c2ccnc(N3CC[C@H](O)C3)n2)c1. The van der Waals surface area contributed by atoms with Gasteiger partial charge in [-0.2, -0.15) is 20.7 Å². The number of benzene rings is 2. The number of aromatic hydroxyl groups is 1. The van der Waals surface area contributed by atoms with Gasteiger partial charge < -0.3 is 29.9 Å². The number of anilines is 2. The number of aliphatic hydroxyl groups is 2. The Balaban J connectivity index is 0.000000174. The predicted molar refractivity (Wildman–Crippen MR) is 212 cm³/mol. The van der Waals surface area contributed by atoms with Crippen LogP contribution in [-0.4, -0.2) is 100 Å². The van der Waals surface area contributed by atoms with E-state index in [1.807, 2.05) is 60.2 Å². The number of nitriles is 2. The van der Waals surface area contributed by atoms with E-state index in [4.69, 9.17) is 20.2 Å². The summed E-state index contributed by atoms with van der Waals surface area (Å²) in [5, 5.41) is 56.9. The summed E-state index contributed by atoms with van der Waals surface area (Å²) in [6.07, 6.45) is 7.70. The molecule has 0 radical (unpaired) electrons. The van der Waals surface area contributed by atoms with E-state index in [0.29, 0.717) is 55.8 Å². The van der Waals surface area contributed by atoms with Crippen LogP contribution >= 0.6 is 0 Å². The van der Waals surface area contributed by atoms with Crippen LogP contribution in [0.2, 0.25) is 0 Å². The van der Waals surface area contributed by atoms with Gasteiger partial charge in [-0.25, -0.2) is 19.9 Å². The van der Waals surface area contributed by atoms with E-state index in [1.54, 1.807) is 53.3 Å². The van der Waals surface area contributed by atoms with Crippen molar-refractivity contribution in [3.63, 3.8) is 0 Å². The van der Waals surface area contributed by atoms with Crippen LogP contribution in [0, 0.1) is 36.5 Å². The minimum Gasteiger partial charge on any atom is -0.508 e. The smallest absolute Gasteiger partial charge is 0.225 e. The Morgan fingerprint density at radius 3 is 1.65 bits per heavy atom. The molecule has 16 heteroatoms. The highest BCUT2D eigenvalue weighted by Crippen LogP contribution is 2.35. The molecule has 8 rings (SSSR count). The average Bonchev–Trinajstić information content (AvgIpc) is 4.02. The third kappa shape index (κ3) is 8.83. The molecule has 0 unspecified atom stereocenters. The van der Waals surface area contributed by atoms with Crippen molar-refractivity contribution in [2.24, 2.45) is 0 Å². The van der Waals surface area contributed by atoms with Gasteiger partial charge in [-0.05, 0) is 86.3 Å². The summed E-state index contributed by atoms with van der Waals surface area (Å²) in [6, 6.07) is 19.0. The van der Waals surface area contributed by atoms with Crippen molar-refractivity contribution in [3.8, 4) is 68.7 Å². The Morgan fingerprint density at radius 1 is 0.719 bits per heavy atom. The lowest BCUT2D eigenvalue weighted by molar-refractivity contribution is 0.198. The highest BCUT2D eigenvalue weighted by molar-refractivity contribution is 5.81. The second-order valence-electron chi connectivity index (χ2n) is 14.1. The van der Waals surface area contributed by atoms with Gasteiger partial charge in [0.05, 0.1) is 42.8 Å². The standard InChI is InChI=1S/C21H22N6O2.C20H20N6O2/c1-14-9-15(11-17(10-14)29-2)20-18(13-27(25-20)8-5-22)19-3-6-23-21(24-19)26-7-4-16(28)12-26;1-13-8-14(10-16(28)9-13)19-17(12-26(24-19)7-4-21)18-2-5-22-20(23-18)25-6-3-15(27)11-25/h3,6,9-11,13,16,28H,4,7-8,12H2,1-2H3;2,5,8-10,12,15,27-28H,3,6-7,11H2,1H3/t16-;15-/m00/s1. The Labute approximate surface area is 329 Å². The van der Waals surface area contributed by atoms with E-state index < -0.39 is 0 Å². The van der Waals surface area contributed by atoms with E-state index in [1.165, 1.54) is 0 Å². The number of phenols is 1. The van der Waals surface area contributed by atoms with Crippen molar-refractivity contribution >= 4 is 11.9 Å². The topological polar surface area (TPSA) is 211 Å². The molecule has 57 heavy (non-hydrogen) atoms. The highest BCUT2D eigenvalue weighted by Gasteiger charge is 2.25. The van der Waals surface area contributed by atoms with Gasteiger partial charge in [0.2, 0.25) is 11.9 Å². The quantitative estimate of drug-likeness (QED) is 0.185. The molecule has 6 aromatic rings. The zero-order chi connectivity index (χ0) is 40.1. The zero-order valence-corrected chi connectivity index (χ0v) is 31.9. The van der Waals surface area contributed by atoms with Crippen LogP contribution in [0.4, 0.5) is 11.9 Å². The van der Waals surface area contributed by atoms with E-state index in [0.717, 1.165) is 57.1 Å². The summed E-state index contributed by atoms with van der Waals surface area (Å²) in [5.41, 5.74) is 7.93. The molecule has 2 atom stereocenters. The minimum atomic E-state index is -0.364. The van der Waals surface area contributed by atoms with Crippen LogP contribution in [0.15, 0.2) is 73.3 Å². The van der Waals surface area contributed by atoms with E-state index in [9.17, 15) is 15.3 Å². The first-order chi connectivity index (χ1) is 27.6. The lowest BCUT2D eigenvalue weighted by Crippen LogP contribution is -2.23. The second kappa shape index (κ2) is 16.9. The van der Waals surface area contributed by atoms with E-state index >= 15 is 0 Å². The van der Waals surface area contributed by atoms with Crippen molar-refractivity contribution < 1.29 is 20.1 Å². The van der Waals surface area contributed by atoms with Gasteiger partial charge in [-0.1, -0.05) is 0 Å². The molecule has 4 aromatic heterocycles. The van der Waals surface area contributed by atoms with E-state index in [-0.39, 0.29) is 31.0 Å². The molecule has 0 saturated carbocycles. The van der Waals surface area contributed by atoms with Crippen LogP contribution in [0.3, 0.4) is 0 Å². The summed E-state index contributed by atoms with van der Waals surface area (Å²) in [7, 11) is 1.63. The van der Waals surface area contributed by atoms with Crippen molar-refractivity contribution in [1.82, 2.24) is 39.5 Å². The Hall–Kier alpha value is -6.88. The molecule has 2 fully saturated rings. The minimum absolute atomic E-state index is 0.112. The maximum Gasteiger partial charge on any atom is 0.225 e. The van der Waals surface area contributed by atoms with Gasteiger partial charge in [0.25, 0.3) is 0 Å². The number of hydrogen-bond acceptors (Lipinski definition) is 14. The number of rotatable bonds is 9. The molecule has 16 nitrogen and oxygen atoms in total. The van der Waals surface area contributed by atoms with Crippen LogP contribution in [0.25, 0.3) is 45.0 Å². The predicted octanol–water partition coefficient (Wildman–Crippen LogP) is 4.53. The van der Waals surface area contributed by atoms with Crippen LogP contribution in [-0.2, 0) is 13.1 Å². The Morgan fingerprint density at radius 2 is 1.21 bits per heavy atom. The molecule has 0 bridgehead atoms. The molecule has 6 heterocycles. The van der Waals surface area contributed by atoms with Crippen molar-refractivity contribution in [1.29, 1.82) is 10.5 Å². The van der Waals surface area contributed by atoms with Crippen LogP contribution in [0.1, 0.15) is 24.0 Å². The summed E-state index contributed by atoms with van der Waals surface area (Å²) in [5.74, 6) is 2.04. The first-order valence-electron chi connectivity index (χ1n) is 18.5. The molecule has 3 N–H and O–H groups in total. The monoisotopic (exact) mass is 766 g/mol. The van der Waals surface area contributed by atoms with Crippen molar-refractivity contribution in [2.45, 2.75) is 52.0 Å². The van der Waals surface area contributed by atoms with Gasteiger partial charge in [-0.3, -0.25) is 9.36 Å². The fourth-order valence-electron chi connectivity index (χ4n) is 7.00. The fraction of sp³-hybridized carbons (Fsp3) is 0.317. The first kappa shape index (κ1) is 38.4. The molecule has 2 aliphatic heterocycles. The molecule has 0 spiro atoms. The maximum absolute atomic E-state index is 10.00. The number of aryl methyl sites for hydroxylation is 2. The summed E-state index contributed by atoms with van der Waals surface area (Å²) < 4.78 is 8.58. The Bertz CT molecular complexity index is 2450. The van der Waals surface area contributed by atoms with Crippen molar-refractivity contribution in [3.05, 3.63) is 84.4 Å². The lowest BCUT2D eigenvalue weighted by Gasteiger charge is -2.15. The number of aliphatic hydroxyl groups excluding tert-OH is 2. The van der Waals surface area contributed by atoms with Gasteiger partial charge in [-0.15, -0.1) is 0 Å². The largest absolute Gasteiger partial charge is 0.508 e. The number of hydrogen-bond donors (Lipinski definition) is 3. The molecule has 2 saturated heterocycles. The summed E-state index contributed by atoms with van der Waals surface area (Å²) in [4.78, 5) is 22.0. The third-order valence-corrected chi connectivity index (χ3v) is 9.61. The maximum atomic E-state index is 10.00. The molecular formula is C41H42N12O4. The number of methoxy groups -OCH3 is 1. The number of nitrogens with zero attached hydrogens (tertiary/aromatic N) is 12. The zero-order valence-electron chi connectivity index (χ0n) is 31.9. The molecule has 0 amide bonds. The average molecular weight is 767 g/mol. The third-order valence-electron chi connectivity index (χ3n) is 9.61. The number of ether oxygens (including phenoxy) is 1. The molecule has 0 aliphatic carbocycles. The molecular weight excluding hydrogens is 725 g/mol. The summed E-state index contributed by atoms with van der Waals surface area (Å²) in [6.45, 7) is 6.62. The summed E-state index contributed by atoms with van der Waals surface area (Å²) >= 11 is 0. The van der Waals surface area contributed by atoms with Crippen molar-refractivity contribution in [2.75, 3.05) is 43.1 Å². The molecule has 290 valence electrons. The number of β-amino-alcohol motifs (C(OH)–C–C–N with tert-alkyl or cyclic N) is 2. The fourth-order valence-corrected chi connectivity index (χ4v) is 7.00. The normalized spacial score (nSPS) is 16.2.